The van der Waals surface area contributed by atoms with E-state index >= 15 is 0 Å². The van der Waals surface area contributed by atoms with Crippen LogP contribution < -0.4 is 0 Å². The molecule has 0 radical (unpaired) electrons. The van der Waals surface area contributed by atoms with Crippen LogP contribution in [0, 0.1) is 0 Å². The summed E-state index contributed by atoms with van der Waals surface area (Å²) in [4.78, 5) is 23.3. The van der Waals surface area contributed by atoms with E-state index in [4.69, 9.17) is 4.74 Å². The largest absolute Gasteiger partial charge is 0.478 e. The number of carbonyl (C=O) groups excluding carboxylic acids is 1. The van der Waals surface area contributed by atoms with Crippen LogP contribution in [0.1, 0.15) is 108 Å². The second-order valence-corrected chi connectivity index (χ2v) is 7.95. The van der Waals surface area contributed by atoms with Gasteiger partial charge in [0.2, 0.25) is 6.10 Å². The Morgan fingerprint density at radius 3 is 1.93 bits per heavy atom. The molecular formula is C26H40O4. The third-order valence-corrected chi connectivity index (χ3v) is 5.22. The molecule has 1 aromatic carbocycles. The Kier molecular flexibility index (Phi) is 15.3. The lowest BCUT2D eigenvalue weighted by Crippen LogP contribution is -2.19. The molecule has 1 aromatic rings. The molecule has 0 amide bonds. The number of hydrogen-bond acceptors (Lipinski definition) is 3. The molecule has 1 atom stereocenters. The van der Waals surface area contributed by atoms with Crippen LogP contribution in [0.2, 0.25) is 0 Å². The van der Waals surface area contributed by atoms with Crippen LogP contribution in [-0.2, 0) is 14.3 Å². The topological polar surface area (TPSA) is 63.6 Å². The van der Waals surface area contributed by atoms with Crippen molar-refractivity contribution in [2.75, 3.05) is 0 Å². The van der Waals surface area contributed by atoms with Crippen molar-refractivity contribution >= 4 is 11.9 Å². The quantitative estimate of drug-likeness (QED) is 0.154. The second-order valence-electron chi connectivity index (χ2n) is 7.95. The molecule has 0 bridgehead atoms. The summed E-state index contributed by atoms with van der Waals surface area (Å²) >= 11 is 0. The summed E-state index contributed by atoms with van der Waals surface area (Å²) in [5.41, 5.74) is 0.489. The third-order valence-electron chi connectivity index (χ3n) is 5.22. The number of carbonyl (C=O) groups is 2. The number of carboxylic acids is 1. The Hall–Kier alpha value is -2.10. The maximum absolute atomic E-state index is 12.0. The summed E-state index contributed by atoms with van der Waals surface area (Å²) in [7, 11) is 0. The average molecular weight is 417 g/mol. The molecule has 0 aromatic heterocycles. The molecule has 0 saturated carbocycles. The van der Waals surface area contributed by atoms with E-state index in [1.807, 2.05) is 0 Å². The van der Waals surface area contributed by atoms with Gasteiger partial charge in [0.05, 0.1) is 0 Å². The highest BCUT2D eigenvalue weighted by molar-refractivity contribution is 5.79. The van der Waals surface area contributed by atoms with Crippen molar-refractivity contribution in [1.29, 1.82) is 0 Å². The molecule has 0 spiro atoms. The number of unbranched alkanes of at least 4 members (excludes halogenated alkanes) is 11. The van der Waals surface area contributed by atoms with Crippen molar-refractivity contribution in [3.63, 3.8) is 0 Å². The summed E-state index contributed by atoms with van der Waals surface area (Å²) < 4.78 is 5.17. The molecule has 0 aliphatic rings. The van der Waals surface area contributed by atoms with E-state index in [2.05, 4.69) is 19.1 Å². The lowest BCUT2D eigenvalue weighted by atomic mass is 10.1. The minimum absolute atomic E-state index is 0.273. The van der Waals surface area contributed by atoms with Crippen molar-refractivity contribution in [3.8, 4) is 0 Å². The van der Waals surface area contributed by atoms with Crippen molar-refractivity contribution in [1.82, 2.24) is 0 Å². The molecule has 0 heterocycles. The van der Waals surface area contributed by atoms with Gasteiger partial charge in [0, 0.05) is 12.0 Å². The lowest BCUT2D eigenvalue weighted by Gasteiger charge is -2.14. The molecule has 0 unspecified atom stereocenters. The zero-order valence-electron chi connectivity index (χ0n) is 18.7. The summed E-state index contributed by atoms with van der Waals surface area (Å²) in [6, 6.07) is 8.60. The van der Waals surface area contributed by atoms with E-state index in [9.17, 15) is 14.7 Å². The van der Waals surface area contributed by atoms with Gasteiger partial charge in [0.15, 0.2) is 0 Å². The van der Waals surface area contributed by atoms with Crippen molar-refractivity contribution < 1.29 is 19.4 Å². The van der Waals surface area contributed by atoms with Crippen LogP contribution in [0.25, 0.3) is 0 Å². The zero-order valence-corrected chi connectivity index (χ0v) is 18.7. The van der Waals surface area contributed by atoms with Crippen LogP contribution in [0.15, 0.2) is 42.5 Å². The number of rotatable bonds is 18. The predicted molar refractivity (Wildman–Crippen MR) is 122 cm³/mol. The SMILES string of the molecule is CCCCCCCC/C=C\CCCCCCCC(=O)O[C@H](C(=O)O)c1ccccc1. The molecule has 30 heavy (non-hydrogen) atoms. The lowest BCUT2D eigenvalue weighted by molar-refractivity contribution is -0.164. The first-order valence-electron chi connectivity index (χ1n) is 11.8. The third kappa shape index (κ3) is 13.2. The van der Waals surface area contributed by atoms with Gasteiger partial charge in [-0.15, -0.1) is 0 Å². The number of allylic oxidation sites excluding steroid dienone is 2. The standard InChI is InChI=1S/C26H40O4/c1-2-3-4-5-6-7-8-9-10-11-12-13-14-15-19-22-24(27)30-25(26(28)29)23-20-17-16-18-21-23/h9-10,16-18,20-21,25H,2-8,11-15,19,22H2,1H3,(H,28,29)/b10-9-/t25-/m0/s1. The molecule has 4 nitrogen and oxygen atoms in total. The van der Waals surface area contributed by atoms with E-state index in [0.717, 1.165) is 32.1 Å². The smallest absolute Gasteiger partial charge is 0.349 e. The van der Waals surface area contributed by atoms with Gasteiger partial charge in [0.1, 0.15) is 0 Å². The highest BCUT2D eigenvalue weighted by Gasteiger charge is 2.23. The minimum Gasteiger partial charge on any atom is -0.478 e. The second kappa shape index (κ2) is 17.7. The van der Waals surface area contributed by atoms with Crippen molar-refractivity contribution in [3.05, 3.63) is 48.0 Å². The van der Waals surface area contributed by atoms with Gasteiger partial charge in [0.25, 0.3) is 0 Å². The highest BCUT2D eigenvalue weighted by atomic mass is 16.6. The molecule has 0 fully saturated rings. The van der Waals surface area contributed by atoms with Crippen LogP contribution in [0.4, 0.5) is 0 Å². The summed E-state index contributed by atoms with van der Waals surface area (Å²) in [5, 5.41) is 9.30. The maximum atomic E-state index is 12.0. The van der Waals surface area contributed by atoms with E-state index in [0.29, 0.717) is 5.56 Å². The number of hydrogen-bond donors (Lipinski definition) is 1. The van der Waals surface area contributed by atoms with Crippen molar-refractivity contribution in [2.24, 2.45) is 0 Å². The van der Waals surface area contributed by atoms with Crippen LogP contribution in [-0.4, -0.2) is 17.0 Å². The Labute approximate surface area is 182 Å². The Morgan fingerprint density at radius 1 is 0.833 bits per heavy atom. The summed E-state index contributed by atoms with van der Waals surface area (Å²) in [6.45, 7) is 2.25. The fourth-order valence-corrected chi connectivity index (χ4v) is 3.42. The fraction of sp³-hybridized carbons (Fsp3) is 0.615. The number of aliphatic carboxylic acids is 1. The molecular weight excluding hydrogens is 376 g/mol. The Bertz CT molecular complexity index is 594. The number of esters is 1. The number of ether oxygens (including phenoxy) is 1. The van der Waals surface area contributed by atoms with E-state index in [1.165, 1.54) is 51.4 Å². The minimum atomic E-state index is -1.22. The maximum Gasteiger partial charge on any atom is 0.349 e. The molecule has 0 aliphatic heterocycles. The zero-order chi connectivity index (χ0) is 21.9. The number of benzene rings is 1. The van der Waals surface area contributed by atoms with Gasteiger partial charge in [-0.1, -0.05) is 101 Å². The molecule has 0 aliphatic carbocycles. The molecule has 168 valence electrons. The molecule has 0 saturated heterocycles. The van der Waals surface area contributed by atoms with Crippen LogP contribution in [0.5, 0.6) is 0 Å². The van der Waals surface area contributed by atoms with Crippen LogP contribution >= 0.6 is 0 Å². The van der Waals surface area contributed by atoms with Crippen molar-refractivity contribution in [2.45, 2.75) is 103 Å². The fourth-order valence-electron chi connectivity index (χ4n) is 3.42. The van der Waals surface area contributed by atoms with Gasteiger partial charge < -0.3 is 9.84 Å². The molecule has 4 heteroatoms. The predicted octanol–water partition coefficient (Wildman–Crippen LogP) is 7.39. The van der Waals surface area contributed by atoms with E-state index < -0.39 is 18.0 Å². The molecule has 1 N–H and O–H groups in total. The van der Waals surface area contributed by atoms with Gasteiger partial charge >= 0.3 is 11.9 Å². The van der Waals surface area contributed by atoms with Crippen LogP contribution in [0.3, 0.4) is 0 Å². The molecule has 1 rings (SSSR count). The average Bonchev–Trinajstić information content (AvgIpc) is 2.75. The van der Waals surface area contributed by atoms with E-state index in [-0.39, 0.29) is 6.42 Å². The first-order valence-corrected chi connectivity index (χ1v) is 11.8. The highest BCUT2D eigenvalue weighted by Crippen LogP contribution is 2.19. The first kappa shape index (κ1) is 25.9. The van der Waals surface area contributed by atoms with Gasteiger partial charge in [-0.25, -0.2) is 4.79 Å². The first-order chi connectivity index (χ1) is 14.6. The van der Waals surface area contributed by atoms with Gasteiger partial charge in [-0.3, -0.25) is 4.79 Å². The number of carboxylic acid groups (broad SMARTS) is 1. The Morgan fingerprint density at radius 2 is 1.37 bits per heavy atom. The normalized spacial score (nSPS) is 12.2. The van der Waals surface area contributed by atoms with E-state index in [1.54, 1.807) is 30.3 Å². The summed E-state index contributed by atoms with van der Waals surface area (Å²) in [5.74, 6) is -1.58. The van der Waals surface area contributed by atoms with Gasteiger partial charge in [-0.2, -0.15) is 0 Å². The van der Waals surface area contributed by atoms with Gasteiger partial charge in [-0.05, 0) is 32.1 Å². The Balaban J connectivity index is 2.00. The summed E-state index contributed by atoms with van der Waals surface area (Å²) in [6.07, 6.45) is 19.3. The monoisotopic (exact) mass is 416 g/mol.